The zero-order chi connectivity index (χ0) is 22.5. The molecule has 1 aromatic heterocycles. The number of benzene rings is 2. The summed E-state index contributed by atoms with van der Waals surface area (Å²) in [7, 11) is 0. The van der Waals surface area contributed by atoms with Crippen LogP contribution in [0.4, 0.5) is 15.1 Å². The Morgan fingerprint density at radius 2 is 1.81 bits per heavy atom. The van der Waals surface area contributed by atoms with Gasteiger partial charge < -0.3 is 15.4 Å². The maximum absolute atomic E-state index is 13.9. The van der Waals surface area contributed by atoms with Crippen LogP contribution in [0.1, 0.15) is 42.9 Å². The Kier molecular flexibility index (Phi) is 7.04. The van der Waals surface area contributed by atoms with Crippen LogP contribution < -0.4 is 10.6 Å². The Hall–Kier alpha value is -3.23. The summed E-state index contributed by atoms with van der Waals surface area (Å²) in [6, 6.07) is 12.0. The largest absolute Gasteiger partial charge is 0.462 e. The van der Waals surface area contributed by atoms with Crippen LogP contribution in [-0.4, -0.2) is 24.4 Å². The molecule has 0 aliphatic heterocycles. The van der Waals surface area contributed by atoms with Crippen molar-refractivity contribution in [1.82, 2.24) is 0 Å². The molecule has 0 unspecified atom stereocenters. The standard InChI is InChI=1S/C22H18ClFN2O4S/c1-3-30-22(29)17-12(2)18(20(28)25-16-10-5-4-9-15(16)24)31-21(17)26-19(27)13-7-6-8-14(23)11-13/h4-11H,3H2,1-2H3,(H,25,28)(H,26,27). The van der Waals surface area contributed by atoms with Crippen LogP contribution in [0.2, 0.25) is 5.02 Å². The van der Waals surface area contributed by atoms with Crippen molar-refractivity contribution in [1.29, 1.82) is 0 Å². The molecule has 0 bridgehead atoms. The smallest absolute Gasteiger partial charge is 0.341 e. The van der Waals surface area contributed by atoms with Crippen LogP contribution in [0.15, 0.2) is 48.5 Å². The summed E-state index contributed by atoms with van der Waals surface area (Å²) in [4.78, 5) is 38.1. The molecule has 31 heavy (non-hydrogen) atoms. The summed E-state index contributed by atoms with van der Waals surface area (Å²) < 4.78 is 19.0. The van der Waals surface area contributed by atoms with E-state index in [1.165, 1.54) is 24.3 Å². The molecule has 0 aliphatic carbocycles. The minimum Gasteiger partial charge on any atom is -0.462 e. The summed E-state index contributed by atoms with van der Waals surface area (Å²) in [5, 5.41) is 5.67. The third-order valence-electron chi connectivity index (χ3n) is 4.27. The number of thiophene rings is 1. The highest BCUT2D eigenvalue weighted by atomic mass is 35.5. The average Bonchev–Trinajstić information content (AvgIpc) is 3.05. The van der Waals surface area contributed by atoms with Gasteiger partial charge >= 0.3 is 5.97 Å². The van der Waals surface area contributed by atoms with Gasteiger partial charge in [-0.05, 0) is 49.7 Å². The predicted octanol–water partition coefficient (Wildman–Crippen LogP) is 5.53. The van der Waals surface area contributed by atoms with Crippen molar-refractivity contribution in [3.8, 4) is 0 Å². The van der Waals surface area contributed by atoms with Gasteiger partial charge in [0.1, 0.15) is 10.8 Å². The molecule has 2 amide bonds. The minimum absolute atomic E-state index is 0.00231. The van der Waals surface area contributed by atoms with E-state index in [-0.39, 0.29) is 33.3 Å². The predicted molar refractivity (Wildman–Crippen MR) is 119 cm³/mol. The van der Waals surface area contributed by atoms with Crippen LogP contribution in [-0.2, 0) is 4.74 Å². The van der Waals surface area contributed by atoms with Gasteiger partial charge in [0, 0.05) is 10.6 Å². The molecule has 2 N–H and O–H groups in total. The quantitative estimate of drug-likeness (QED) is 0.473. The third-order valence-corrected chi connectivity index (χ3v) is 5.71. The van der Waals surface area contributed by atoms with E-state index in [2.05, 4.69) is 10.6 Å². The van der Waals surface area contributed by atoms with Gasteiger partial charge in [-0.1, -0.05) is 29.8 Å². The van der Waals surface area contributed by atoms with E-state index in [9.17, 15) is 18.8 Å². The van der Waals surface area contributed by atoms with Crippen LogP contribution in [0.3, 0.4) is 0 Å². The van der Waals surface area contributed by atoms with Crippen LogP contribution in [0.25, 0.3) is 0 Å². The van der Waals surface area contributed by atoms with E-state index >= 15 is 0 Å². The van der Waals surface area contributed by atoms with Gasteiger partial charge in [0.05, 0.1) is 22.7 Å². The van der Waals surface area contributed by atoms with Crippen molar-refractivity contribution in [2.75, 3.05) is 17.2 Å². The molecule has 3 aromatic rings. The van der Waals surface area contributed by atoms with Crippen molar-refractivity contribution in [2.24, 2.45) is 0 Å². The molecule has 0 fully saturated rings. The summed E-state index contributed by atoms with van der Waals surface area (Å²) >= 11 is 6.84. The third kappa shape index (κ3) is 5.10. The number of hydrogen-bond donors (Lipinski definition) is 2. The number of hydrogen-bond acceptors (Lipinski definition) is 5. The molecule has 160 valence electrons. The number of nitrogens with one attached hydrogen (secondary N) is 2. The van der Waals surface area contributed by atoms with E-state index in [1.54, 1.807) is 38.1 Å². The van der Waals surface area contributed by atoms with Gasteiger partial charge in [-0.15, -0.1) is 11.3 Å². The Morgan fingerprint density at radius 1 is 1.06 bits per heavy atom. The van der Waals surface area contributed by atoms with Crippen molar-refractivity contribution >= 4 is 51.4 Å². The second kappa shape index (κ2) is 9.72. The molecule has 9 heteroatoms. The molecular weight excluding hydrogens is 443 g/mol. The average molecular weight is 461 g/mol. The van der Waals surface area contributed by atoms with Gasteiger partial charge in [-0.3, -0.25) is 9.59 Å². The number of anilines is 2. The normalized spacial score (nSPS) is 10.5. The number of carbonyl (C=O) groups excluding carboxylic acids is 3. The lowest BCUT2D eigenvalue weighted by atomic mass is 10.1. The molecule has 1 heterocycles. The monoisotopic (exact) mass is 460 g/mol. The van der Waals surface area contributed by atoms with Crippen molar-refractivity contribution in [3.63, 3.8) is 0 Å². The Balaban J connectivity index is 1.96. The fourth-order valence-corrected chi connectivity index (χ4v) is 4.09. The molecule has 0 spiro atoms. The number of carbonyl (C=O) groups is 3. The lowest BCUT2D eigenvalue weighted by molar-refractivity contribution is 0.0527. The van der Waals surface area contributed by atoms with E-state index in [1.807, 2.05) is 0 Å². The fraction of sp³-hybridized carbons (Fsp3) is 0.136. The Morgan fingerprint density at radius 3 is 2.48 bits per heavy atom. The first-order valence-corrected chi connectivity index (χ1v) is 10.4. The molecule has 0 saturated heterocycles. The molecule has 0 aliphatic rings. The van der Waals surface area contributed by atoms with Gasteiger partial charge in [0.25, 0.3) is 11.8 Å². The topological polar surface area (TPSA) is 84.5 Å². The van der Waals surface area contributed by atoms with E-state index < -0.39 is 23.6 Å². The number of amides is 2. The van der Waals surface area contributed by atoms with Crippen molar-refractivity contribution in [2.45, 2.75) is 13.8 Å². The highest BCUT2D eigenvalue weighted by Crippen LogP contribution is 2.35. The molecule has 0 radical (unpaired) electrons. The maximum Gasteiger partial charge on any atom is 0.341 e. The summed E-state index contributed by atoms with van der Waals surface area (Å²) in [6.45, 7) is 3.33. The summed E-state index contributed by atoms with van der Waals surface area (Å²) in [6.07, 6.45) is 0. The van der Waals surface area contributed by atoms with Crippen LogP contribution in [0, 0.1) is 12.7 Å². The van der Waals surface area contributed by atoms with Gasteiger partial charge in [-0.25, -0.2) is 9.18 Å². The zero-order valence-electron chi connectivity index (χ0n) is 16.6. The SMILES string of the molecule is CCOC(=O)c1c(NC(=O)c2cccc(Cl)c2)sc(C(=O)Nc2ccccc2F)c1C. The molecule has 0 saturated carbocycles. The number of rotatable bonds is 6. The first kappa shape index (κ1) is 22.5. The van der Waals surface area contributed by atoms with Crippen LogP contribution in [0.5, 0.6) is 0 Å². The molecule has 3 rings (SSSR count). The number of para-hydroxylation sites is 1. The molecule has 2 aromatic carbocycles. The summed E-state index contributed by atoms with van der Waals surface area (Å²) in [5.41, 5.74) is 0.674. The Bertz CT molecular complexity index is 1160. The summed E-state index contributed by atoms with van der Waals surface area (Å²) in [5.74, 6) is -2.38. The lowest BCUT2D eigenvalue weighted by Crippen LogP contribution is -2.15. The molecular formula is C22H18ClFN2O4S. The first-order valence-electron chi connectivity index (χ1n) is 9.25. The minimum atomic E-state index is -0.678. The Labute approximate surface area is 187 Å². The highest BCUT2D eigenvalue weighted by Gasteiger charge is 2.27. The van der Waals surface area contributed by atoms with Crippen LogP contribution >= 0.6 is 22.9 Å². The highest BCUT2D eigenvalue weighted by molar-refractivity contribution is 7.19. The maximum atomic E-state index is 13.9. The first-order chi connectivity index (χ1) is 14.8. The van der Waals surface area contributed by atoms with E-state index in [0.29, 0.717) is 10.6 Å². The van der Waals surface area contributed by atoms with Gasteiger partial charge in [0.2, 0.25) is 0 Å². The number of esters is 1. The number of halogens is 2. The zero-order valence-corrected chi connectivity index (χ0v) is 18.2. The van der Waals surface area contributed by atoms with E-state index in [0.717, 1.165) is 11.3 Å². The van der Waals surface area contributed by atoms with Gasteiger partial charge in [0.15, 0.2) is 0 Å². The van der Waals surface area contributed by atoms with Gasteiger partial charge in [-0.2, -0.15) is 0 Å². The number of ether oxygens (including phenoxy) is 1. The lowest BCUT2D eigenvalue weighted by Gasteiger charge is -2.07. The van der Waals surface area contributed by atoms with Crippen molar-refractivity contribution < 1.29 is 23.5 Å². The fourth-order valence-electron chi connectivity index (χ4n) is 2.81. The molecule has 6 nitrogen and oxygen atoms in total. The second-order valence-electron chi connectivity index (χ2n) is 6.38. The van der Waals surface area contributed by atoms with Crippen molar-refractivity contribution in [3.05, 3.63) is 80.9 Å². The molecule has 0 atom stereocenters. The second-order valence-corrected chi connectivity index (χ2v) is 7.84. The van der Waals surface area contributed by atoms with E-state index in [4.69, 9.17) is 16.3 Å².